The van der Waals surface area contributed by atoms with E-state index in [2.05, 4.69) is 80.1 Å². The monoisotopic (exact) mass is 768 g/mol. The van der Waals surface area contributed by atoms with Crippen molar-refractivity contribution in [3.8, 4) is 16.9 Å². The maximum atomic E-state index is 14.1. The van der Waals surface area contributed by atoms with Gasteiger partial charge in [0.1, 0.15) is 17.0 Å². The van der Waals surface area contributed by atoms with Gasteiger partial charge >= 0.3 is 12.1 Å². The normalized spacial score (nSPS) is 12.3. The van der Waals surface area contributed by atoms with Gasteiger partial charge in [0.25, 0.3) is 0 Å². The van der Waals surface area contributed by atoms with E-state index in [0.717, 1.165) is 55.5 Å². The van der Waals surface area contributed by atoms with E-state index in [1.165, 1.54) is 0 Å². The highest BCUT2D eigenvalue weighted by Crippen LogP contribution is 2.41. The summed E-state index contributed by atoms with van der Waals surface area (Å²) in [5, 5.41) is 11.0. The molecule has 2 heterocycles. The smallest absolute Gasteiger partial charge is 0.407 e. The lowest BCUT2D eigenvalue weighted by Gasteiger charge is -2.36. The lowest BCUT2D eigenvalue weighted by Crippen LogP contribution is -2.40. The molecule has 55 heavy (non-hydrogen) atoms. The third kappa shape index (κ3) is 9.62. The van der Waals surface area contributed by atoms with Crippen LogP contribution < -0.4 is 10.1 Å². The van der Waals surface area contributed by atoms with Crippen molar-refractivity contribution in [2.24, 2.45) is 7.05 Å². The van der Waals surface area contributed by atoms with Gasteiger partial charge in [0, 0.05) is 42.0 Å². The molecule has 5 rings (SSSR count). The van der Waals surface area contributed by atoms with Gasteiger partial charge in [-0.05, 0) is 89.0 Å². The van der Waals surface area contributed by atoms with Crippen LogP contribution in [0.3, 0.4) is 0 Å². The Morgan fingerprint density at radius 2 is 1.60 bits per heavy atom. The Bertz CT molecular complexity index is 2130. The highest BCUT2D eigenvalue weighted by atomic mass is 28.4. The van der Waals surface area contributed by atoms with Crippen LogP contribution in [-0.2, 0) is 40.5 Å². The van der Waals surface area contributed by atoms with Gasteiger partial charge in [0.15, 0.2) is 8.32 Å². The van der Waals surface area contributed by atoms with Crippen molar-refractivity contribution in [1.29, 1.82) is 0 Å². The van der Waals surface area contributed by atoms with Gasteiger partial charge in [-0.15, -0.1) is 0 Å². The van der Waals surface area contributed by atoms with Crippen LogP contribution in [0.4, 0.5) is 4.79 Å². The number of nitrogens with zero attached hydrogens (tertiary/aromatic N) is 3. The minimum absolute atomic E-state index is 0.0453. The predicted octanol–water partition coefficient (Wildman–Crippen LogP) is 10.1. The first-order valence-electron chi connectivity index (χ1n) is 19.5. The van der Waals surface area contributed by atoms with Gasteiger partial charge < -0.3 is 28.5 Å². The molecule has 2 aromatic heterocycles. The summed E-state index contributed by atoms with van der Waals surface area (Å²) >= 11 is 0. The van der Waals surface area contributed by atoms with Crippen molar-refractivity contribution in [2.45, 2.75) is 112 Å². The largest absolute Gasteiger partial charge is 0.493 e. The number of esters is 1. The van der Waals surface area contributed by atoms with E-state index in [1.807, 2.05) is 70.6 Å². The molecule has 1 N–H and O–H groups in total. The average Bonchev–Trinajstić information content (AvgIpc) is 3.58. The fourth-order valence-corrected chi connectivity index (χ4v) is 7.70. The second-order valence-corrected chi connectivity index (χ2v) is 21.5. The quantitative estimate of drug-likeness (QED) is 0.0642. The summed E-state index contributed by atoms with van der Waals surface area (Å²) in [6.45, 7) is 22.6. The van der Waals surface area contributed by atoms with E-state index < -0.39 is 20.0 Å². The molecule has 0 unspecified atom stereocenters. The van der Waals surface area contributed by atoms with E-state index in [0.29, 0.717) is 51.3 Å². The summed E-state index contributed by atoms with van der Waals surface area (Å²) in [6.07, 6.45) is 1.35. The predicted molar refractivity (Wildman–Crippen MR) is 223 cm³/mol. The molecule has 0 aliphatic rings. The number of benzene rings is 3. The summed E-state index contributed by atoms with van der Waals surface area (Å²) in [5.74, 6) is 0.463. The van der Waals surface area contributed by atoms with Crippen molar-refractivity contribution in [3.63, 3.8) is 0 Å². The van der Waals surface area contributed by atoms with Crippen LogP contribution in [0.2, 0.25) is 18.1 Å². The molecule has 0 atom stereocenters. The summed E-state index contributed by atoms with van der Waals surface area (Å²) in [7, 11) is -0.122. The Labute approximate surface area is 327 Å². The average molecular weight is 769 g/mol. The van der Waals surface area contributed by atoms with Gasteiger partial charge in [0.2, 0.25) is 0 Å². The molecule has 0 aliphatic carbocycles. The summed E-state index contributed by atoms with van der Waals surface area (Å²) < 4.78 is 28.4. The molecule has 10 nitrogen and oxygen atoms in total. The van der Waals surface area contributed by atoms with Crippen LogP contribution >= 0.6 is 0 Å². The van der Waals surface area contributed by atoms with Gasteiger partial charge in [-0.25, -0.2) is 9.59 Å². The number of rotatable bonds is 15. The highest BCUT2D eigenvalue weighted by Gasteiger charge is 2.38. The van der Waals surface area contributed by atoms with Crippen molar-refractivity contribution < 1.29 is 28.2 Å². The fraction of sp³-hybridized carbons (Fsp3) is 0.477. The molecule has 5 aromatic rings. The van der Waals surface area contributed by atoms with Gasteiger partial charge in [0.05, 0.1) is 36.7 Å². The molecule has 3 aromatic carbocycles. The molecule has 1 amide bonds. The number of aryl methyl sites for hydroxylation is 4. The molecule has 0 bridgehead atoms. The standard InChI is InChI=1S/C44H60N4O6Si/c1-12-51-41(49)40-34(24-17-28-52-37-25-15-20-31-19-13-14-21-32(31)37)33-22-16-23-35(39(33)48(40)27-18-26-45-42(50)54-43(3,4)5)38-30(2)46-47(9)36(38)29-53-55(10,11)44(6,7)8/h13-16,19-23,25H,12,17-18,24,26-29H2,1-11H3,(H,45,50). The molecule has 0 fully saturated rings. The SMILES string of the molecule is CCOC(=O)c1c(CCCOc2cccc3ccccc23)c2cccc(-c3c(C)nn(C)c3CO[Si](C)(C)C(C)(C)C)c2n1CCCNC(=O)OC(C)(C)C. The van der Waals surface area contributed by atoms with Gasteiger partial charge in [-0.3, -0.25) is 4.68 Å². The third-order valence-corrected chi connectivity index (χ3v) is 14.9. The zero-order valence-corrected chi connectivity index (χ0v) is 35.7. The molecule has 11 heteroatoms. The number of hydrogen-bond donors (Lipinski definition) is 1. The van der Waals surface area contributed by atoms with Crippen molar-refractivity contribution in [1.82, 2.24) is 19.7 Å². The number of amides is 1. The van der Waals surface area contributed by atoms with Crippen LogP contribution in [-0.4, -0.2) is 60.1 Å². The van der Waals surface area contributed by atoms with Gasteiger partial charge in [-0.1, -0.05) is 75.4 Å². The number of carbonyl (C=O) groups excluding carboxylic acids is 2. The lowest BCUT2D eigenvalue weighted by molar-refractivity contribution is 0.0502. The first kappa shape index (κ1) is 41.5. The van der Waals surface area contributed by atoms with E-state index in [9.17, 15) is 9.59 Å². The maximum Gasteiger partial charge on any atom is 0.407 e. The molecule has 0 saturated heterocycles. The Kier molecular flexibility index (Phi) is 12.9. The lowest BCUT2D eigenvalue weighted by atomic mass is 9.98. The second-order valence-electron chi connectivity index (χ2n) is 16.7. The Morgan fingerprint density at radius 3 is 2.31 bits per heavy atom. The number of ether oxygens (including phenoxy) is 3. The molecule has 0 spiro atoms. The van der Waals surface area contributed by atoms with Crippen molar-refractivity contribution in [2.75, 3.05) is 19.8 Å². The van der Waals surface area contributed by atoms with Gasteiger partial charge in [-0.2, -0.15) is 5.10 Å². The molecule has 0 saturated carbocycles. The summed E-state index contributed by atoms with van der Waals surface area (Å²) in [5.41, 5.74) is 5.59. The third-order valence-electron chi connectivity index (χ3n) is 10.4. The summed E-state index contributed by atoms with van der Waals surface area (Å²) in [4.78, 5) is 26.6. The van der Waals surface area contributed by atoms with E-state index >= 15 is 0 Å². The van der Waals surface area contributed by atoms with E-state index in [1.54, 1.807) is 0 Å². The second kappa shape index (κ2) is 17.0. The topological polar surface area (TPSA) is 106 Å². The molecule has 0 aliphatic heterocycles. The van der Waals surface area contributed by atoms with Crippen LogP contribution in [0, 0.1) is 6.92 Å². The number of fused-ring (bicyclic) bond motifs is 2. The van der Waals surface area contributed by atoms with Crippen LogP contribution in [0.5, 0.6) is 5.75 Å². The molecule has 296 valence electrons. The van der Waals surface area contributed by atoms with E-state index in [-0.39, 0.29) is 17.6 Å². The minimum atomic E-state index is -2.09. The first-order valence-corrected chi connectivity index (χ1v) is 22.4. The zero-order valence-electron chi connectivity index (χ0n) is 34.7. The number of alkyl carbamates (subject to hydrolysis) is 1. The number of carbonyl (C=O) groups is 2. The molecular weight excluding hydrogens is 709 g/mol. The highest BCUT2D eigenvalue weighted by molar-refractivity contribution is 6.74. The fourth-order valence-electron chi connectivity index (χ4n) is 6.77. The zero-order chi connectivity index (χ0) is 40.1. The van der Waals surface area contributed by atoms with Crippen LogP contribution in [0.25, 0.3) is 32.8 Å². The number of para-hydroxylation sites is 1. The molecule has 0 radical (unpaired) electrons. The number of nitrogens with one attached hydrogen (secondary N) is 1. The van der Waals surface area contributed by atoms with Crippen LogP contribution in [0.15, 0.2) is 60.7 Å². The minimum Gasteiger partial charge on any atom is -0.493 e. The maximum absolute atomic E-state index is 14.1. The Balaban J connectivity index is 1.57. The first-order chi connectivity index (χ1) is 25.9. The van der Waals surface area contributed by atoms with Crippen molar-refractivity contribution in [3.05, 3.63) is 83.3 Å². The van der Waals surface area contributed by atoms with Crippen LogP contribution in [0.1, 0.15) is 88.7 Å². The number of hydrogen-bond acceptors (Lipinski definition) is 7. The summed E-state index contributed by atoms with van der Waals surface area (Å²) in [6, 6.07) is 20.5. The molecular formula is C44H60N4O6Si. The van der Waals surface area contributed by atoms with E-state index in [4.69, 9.17) is 23.7 Å². The Hall–Kier alpha value is -4.61. The number of aromatic nitrogens is 3. The Morgan fingerprint density at radius 1 is 0.909 bits per heavy atom. The van der Waals surface area contributed by atoms with Crippen molar-refractivity contribution >= 4 is 42.1 Å².